The molecule has 6 heteroatoms. The van der Waals surface area contributed by atoms with Crippen molar-refractivity contribution in [2.75, 3.05) is 0 Å². The summed E-state index contributed by atoms with van der Waals surface area (Å²) in [6.07, 6.45) is 3.57. The second kappa shape index (κ2) is 4.50. The largest absolute Gasteiger partial charge is 0.323 e. The summed E-state index contributed by atoms with van der Waals surface area (Å²) in [4.78, 5) is 0. The number of hydrogen-bond donors (Lipinski definition) is 1. The van der Waals surface area contributed by atoms with Crippen LogP contribution in [0.1, 0.15) is 23.9 Å². The van der Waals surface area contributed by atoms with E-state index in [-0.39, 0.29) is 6.04 Å². The van der Waals surface area contributed by atoms with Gasteiger partial charge in [0.25, 0.3) is 0 Å². The fourth-order valence-electron chi connectivity index (χ4n) is 1.43. The van der Waals surface area contributed by atoms with Crippen LogP contribution in [0.4, 0.5) is 0 Å². The summed E-state index contributed by atoms with van der Waals surface area (Å²) in [7, 11) is 1.94. The van der Waals surface area contributed by atoms with E-state index in [1.165, 1.54) is 17.2 Å². The first-order chi connectivity index (χ1) is 7.27. The Labute approximate surface area is 92.1 Å². The molecule has 0 fully saturated rings. The lowest BCUT2D eigenvalue weighted by molar-refractivity contribution is 0.601. The maximum atomic E-state index is 5.98. The van der Waals surface area contributed by atoms with Crippen molar-refractivity contribution in [3.63, 3.8) is 0 Å². The van der Waals surface area contributed by atoms with Crippen LogP contribution in [-0.2, 0) is 13.5 Å². The van der Waals surface area contributed by atoms with Gasteiger partial charge in [-0.2, -0.15) is 5.10 Å². The molecule has 2 aromatic rings. The highest BCUT2D eigenvalue weighted by Crippen LogP contribution is 2.14. The van der Waals surface area contributed by atoms with Gasteiger partial charge in [0.1, 0.15) is 0 Å². The number of aryl methyl sites for hydroxylation is 2. The van der Waals surface area contributed by atoms with Crippen molar-refractivity contribution in [1.29, 1.82) is 0 Å². The van der Waals surface area contributed by atoms with Crippen LogP contribution in [0.25, 0.3) is 0 Å². The lowest BCUT2D eigenvalue weighted by Crippen LogP contribution is -2.12. The van der Waals surface area contributed by atoms with Crippen LogP contribution in [0.15, 0.2) is 17.6 Å². The van der Waals surface area contributed by atoms with Crippen molar-refractivity contribution in [3.05, 3.63) is 29.0 Å². The summed E-state index contributed by atoms with van der Waals surface area (Å²) in [6.45, 7) is 0. The van der Waals surface area contributed by atoms with E-state index in [1.807, 2.05) is 23.2 Å². The molecule has 0 bridgehead atoms. The summed E-state index contributed by atoms with van der Waals surface area (Å²) in [5, 5.41) is 9.96. The molecule has 0 saturated heterocycles. The molecule has 2 N–H and O–H groups in total. The second-order valence-electron chi connectivity index (χ2n) is 3.42. The molecule has 1 atom stereocenters. The quantitative estimate of drug-likeness (QED) is 0.836. The van der Waals surface area contributed by atoms with Crippen LogP contribution >= 0.6 is 11.5 Å². The molecule has 0 aliphatic rings. The fraction of sp³-hybridized carbons (Fsp3) is 0.444. The van der Waals surface area contributed by atoms with E-state index >= 15 is 0 Å². The van der Waals surface area contributed by atoms with Crippen molar-refractivity contribution >= 4 is 11.5 Å². The highest BCUT2D eigenvalue weighted by atomic mass is 32.1. The Balaban J connectivity index is 1.91. The van der Waals surface area contributed by atoms with E-state index < -0.39 is 0 Å². The molecule has 2 aromatic heterocycles. The van der Waals surface area contributed by atoms with E-state index in [4.69, 9.17) is 5.73 Å². The topological polar surface area (TPSA) is 69.6 Å². The van der Waals surface area contributed by atoms with E-state index in [0.29, 0.717) is 0 Å². The zero-order valence-electron chi connectivity index (χ0n) is 8.50. The van der Waals surface area contributed by atoms with Crippen molar-refractivity contribution in [2.24, 2.45) is 12.8 Å². The van der Waals surface area contributed by atoms with Gasteiger partial charge >= 0.3 is 0 Å². The van der Waals surface area contributed by atoms with E-state index in [9.17, 15) is 0 Å². The van der Waals surface area contributed by atoms with Gasteiger partial charge in [0.05, 0.1) is 11.7 Å². The summed E-state index contributed by atoms with van der Waals surface area (Å²) >= 11 is 1.34. The molecular formula is C9H13N5S. The monoisotopic (exact) mass is 223 g/mol. The molecule has 80 valence electrons. The average Bonchev–Trinajstić information content (AvgIpc) is 2.85. The predicted octanol–water partition coefficient (Wildman–Crippen LogP) is 0.904. The second-order valence-corrected chi connectivity index (χ2v) is 4.03. The van der Waals surface area contributed by atoms with Crippen LogP contribution in [0.3, 0.4) is 0 Å². The van der Waals surface area contributed by atoms with Crippen LogP contribution < -0.4 is 5.73 Å². The molecule has 2 heterocycles. The first-order valence-corrected chi connectivity index (χ1v) is 5.60. The van der Waals surface area contributed by atoms with E-state index in [0.717, 1.165) is 18.5 Å². The minimum atomic E-state index is -0.0290. The minimum Gasteiger partial charge on any atom is -0.323 e. The minimum absolute atomic E-state index is 0.0290. The fourth-order valence-corrected chi connectivity index (χ4v) is 1.95. The molecular weight excluding hydrogens is 210 g/mol. The van der Waals surface area contributed by atoms with Gasteiger partial charge in [-0.05, 0) is 30.4 Å². The average molecular weight is 223 g/mol. The Morgan fingerprint density at radius 1 is 1.60 bits per heavy atom. The van der Waals surface area contributed by atoms with Crippen LogP contribution in [0, 0.1) is 0 Å². The van der Waals surface area contributed by atoms with E-state index in [2.05, 4.69) is 14.7 Å². The third-order valence-electron chi connectivity index (χ3n) is 2.39. The van der Waals surface area contributed by atoms with Gasteiger partial charge in [-0.25, -0.2) is 0 Å². The summed E-state index contributed by atoms with van der Waals surface area (Å²) in [6, 6.07) is 1.98. The van der Waals surface area contributed by atoms with Gasteiger partial charge in [0, 0.05) is 24.3 Å². The molecule has 5 nitrogen and oxygen atoms in total. The number of rotatable bonds is 4. The van der Waals surface area contributed by atoms with Gasteiger partial charge in [-0.1, -0.05) is 4.49 Å². The summed E-state index contributed by atoms with van der Waals surface area (Å²) < 4.78 is 5.67. The van der Waals surface area contributed by atoms with Crippen molar-refractivity contribution in [2.45, 2.75) is 18.9 Å². The lowest BCUT2D eigenvalue weighted by atomic mass is 10.1. The third kappa shape index (κ3) is 2.40. The molecule has 0 amide bonds. The molecule has 0 aliphatic carbocycles. The predicted molar refractivity (Wildman–Crippen MR) is 58.4 cm³/mol. The lowest BCUT2D eigenvalue weighted by Gasteiger charge is -2.07. The van der Waals surface area contributed by atoms with Gasteiger partial charge in [0.15, 0.2) is 0 Å². The number of nitrogens with zero attached hydrogens (tertiary/aromatic N) is 4. The standard InChI is InChI=1S/C9H13N5S/c1-14-7(4-5-11-14)2-3-8(10)9-6-15-13-12-9/h4-6,8H,2-3,10H2,1H3. The van der Waals surface area contributed by atoms with Crippen LogP contribution in [-0.4, -0.2) is 19.4 Å². The van der Waals surface area contributed by atoms with Gasteiger partial charge in [0.2, 0.25) is 0 Å². The molecule has 0 aliphatic heterocycles. The smallest absolute Gasteiger partial charge is 0.0922 e. The maximum absolute atomic E-state index is 5.98. The summed E-state index contributed by atoms with van der Waals surface area (Å²) in [5.41, 5.74) is 8.05. The van der Waals surface area contributed by atoms with E-state index in [1.54, 1.807) is 6.20 Å². The van der Waals surface area contributed by atoms with Crippen molar-refractivity contribution in [3.8, 4) is 0 Å². The Morgan fingerprint density at radius 3 is 3.07 bits per heavy atom. The van der Waals surface area contributed by atoms with Crippen LogP contribution in [0.2, 0.25) is 0 Å². The van der Waals surface area contributed by atoms with Crippen LogP contribution in [0.5, 0.6) is 0 Å². The number of hydrogen-bond acceptors (Lipinski definition) is 5. The Hall–Kier alpha value is -1.27. The first kappa shape index (κ1) is 10.3. The first-order valence-electron chi connectivity index (χ1n) is 4.77. The number of nitrogens with two attached hydrogens (primary N) is 1. The molecule has 0 radical (unpaired) electrons. The zero-order chi connectivity index (χ0) is 10.7. The Kier molecular flexibility index (Phi) is 3.08. The van der Waals surface area contributed by atoms with Crippen molar-refractivity contribution in [1.82, 2.24) is 19.4 Å². The SMILES string of the molecule is Cn1nccc1CCC(N)c1csnn1. The molecule has 0 aromatic carbocycles. The summed E-state index contributed by atoms with van der Waals surface area (Å²) in [5.74, 6) is 0. The number of aromatic nitrogens is 4. The molecule has 1 unspecified atom stereocenters. The molecule has 15 heavy (non-hydrogen) atoms. The van der Waals surface area contributed by atoms with Gasteiger partial charge in [-0.15, -0.1) is 5.10 Å². The highest BCUT2D eigenvalue weighted by Gasteiger charge is 2.09. The molecule has 0 saturated carbocycles. The van der Waals surface area contributed by atoms with Crippen molar-refractivity contribution < 1.29 is 0 Å². The third-order valence-corrected chi connectivity index (χ3v) is 2.91. The normalized spacial score (nSPS) is 12.9. The molecule has 0 spiro atoms. The Bertz CT molecular complexity index is 408. The molecule has 2 rings (SSSR count). The van der Waals surface area contributed by atoms with Gasteiger partial charge in [-0.3, -0.25) is 4.68 Å². The zero-order valence-corrected chi connectivity index (χ0v) is 9.31. The Morgan fingerprint density at radius 2 is 2.47 bits per heavy atom. The van der Waals surface area contributed by atoms with Gasteiger partial charge < -0.3 is 5.73 Å². The maximum Gasteiger partial charge on any atom is 0.0922 e. The highest BCUT2D eigenvalue weighted by molar-refractivity contribution is 7.03.